The number of benzene rings is 2. The van der Waals surface area contributed by atoms with E-state index in [9.17, 15) is 4.79 Å². The van der Waals surface area contributed by atoms with Crippen molar-refractivity contribution in [1.82, 2.24) is 0 Å². The van der Waals surface area contributed by atoms with Gasteiger partial charge in [0.15, 0.2) is 0 Å². The van der Waals surface area contributed by atoms with Crippen LogP contribution < -0.4 is 14.8 Å². The standard InChI is InChI=1S/C28H31BrN2O3S/c1-17-10-9-12-22(18(17)2)31-27(32)26-20-11-7-5-6-8-13-25(20)35-28(26)30-16-19-14-21(29)24(34-4)15-23(19)33-3/h9-10,12,14-16H,5-8,11,13H2,1-4H3,(H,31,32). The summed E-state index contributed by atoms with van der Waals surface area (Å²) in [5, 5.41) is 3.91. The van der Waals surface area contributed by atoms with Gasteiger partial charge in [-0.2, -0.15) is 0 Å². The second kappa shape index (κ2) is 11.4. The maximum absolute atomic E-state index is 13.7. The number of hydrogen-bond donors (Lipinski definition) is 1. The van der Waals surface area contributed by atoms with Crippen molar-refractivity contribution in [2.45, 2.75) is 52.4 Å². The average molecular weight is 556 g/mol. The Hall–Kier alpha value is -2.64. The molecule has 0 spiro atoms. The number of amides is 1. The number of aryl methyl sites for hydroxylation is 2. The number of carbonyl (C=O) groups is 1. The highest BCUT2D eigenvalue weighted by Crippen LogP contribution is 2.40. The number of fused-ring (bicyclic) bond motifs is 1. The van der Waals surface area contributed by atoms with Gasteiger partial charge in [0.2, 0.25) is 0 Å². The highest BCUT2D eigenvalue weighted by atomic mass is 79.9. The molecular formula is C28H31BrN2O3S. The lowest BCUT2D eigenvalue weighted by atomic mass is 9.96. The largest absolute Gasteiger partial charge is 0.496 e. The third-order valence-corrected chi connectivity index (χ3v) is 8.38. The Morgan fingerprint density at radius 1 is 1.06 bits per heavy atom. The number of halogens is 1. The maximum atomic E-state index is 13.7. The van der Waals surface area contributed by atoms with Gasteiger partial charge in [-0.25, -0.2) is 4.99 Å². The molecule has 0 aliphatic heterocycles. The number of methoxy groups -OCH3 is 2. The van der Waals surface area contributed by atoms with Gasteiger partial charge in [-0.1, -0.05) is 25.0 Å². The second-order valence-electron chi connectivity index (χ2n) is 8.79. The molecular weight excluding hydrogens is 524 g/mol. The number of nitrogens with zero attached hydrogens (tertiary/aromatic N) is 1. The first kappa shape index (κ1) is 25.5. The summed E-state index contributed by atoms with van der Waals surface area (Å²) in [5.41, 5.74) is 5.75. The zero-order chi connectivity index (χ0) is 24.9. The molecule has 0 radical (unpaired) electrons. The van der Waals surface area contributed by atoms with Crippen LogP contribution in [0.25, 0.3) is 0 Å². The Kier molecular flexibility index (Phi) is 8.29. The summed E-state index contributed by atoms with van der Waals surface area (Å²) in [6.45, 7) is 4.09. The van der Waals surface area contributed by atoms with E-state index in [1.165, 1.54) is 17.7 Å². The van der Waals surface area contributed by atoms with Gasteiger partial charge >= 0.3 is 0 Å². The second-order valence-corrected chi connectivity index (χ2v) is 10.7. The number of ether oxygens (including phenoxy) is 2. The lowest BCUT2D eigenvalue weighted by Gasteiger charge is -2.13. The van der Waals surface area contributed by atoms with E-state index in [1.807, 2.05) is 31.2 Å². The molecule has 0 fully saturated rings. The summed E-state index contributed by atoms with van der Waals surface area (Å²) in [7, 11) is 3.25. The summed E-state index contributed by atoms with van der Waals surface area (Å²) < 4.78 is 11.8. The zero-order valence-electron chi connectivity index (χ0n) is 20.7. The van der Waals surface area contributed by atoms with Crippen molar-refractivity contribution in [3.05, 3.63) is 67.5 Å². The lowest BCUT2D eigenvalue weighted by Crippen LogP contribution is -2.15. The van der Waals surface area contributed by atoms with E-state index in [-0.39, 0.29) is 5.91 Å². The van der Waals surface area contributed by atoms with Crippen molar-refractivity contribution >= 4 is 50.1 Å². The van der Waals surface area contributed by atoms with Crippen molar-refractivity contribution in [3.63, 3.8) is 0 Å². The van der Waals surface area contributed by atoms with Crippen LogP contribution in [0, 0.1) is 13.8 Å². The summed E-state index contributed by atoms with van der Waals surface area (Å²) in [6.07, 6.45) is 8.35. The fraction of sp³-hybridized carbons (Fsp3) is 0.357. The van der Waals surface area contributed by atoms with Crippen LogP contribution in [-0.4, -0.2) is 26.3 Å². The molecule has 1 aromatic heterocycles. The molecule has 2 aromatic carbocycles. The third-order valence-electron chi connectivity index (χ3n) is 6.56. The molecule has 0 bridgehead atoms. The Bertz CT molecular complexity index is 1270. The van der Waals surface area contributed by atoms with Crippen molar-refractivity contribution in [2.75, 3.05) is 19.5 Å². The van der Waals surface area contributed by atoms with Crippen LogP contribution >= 0.6 is 27.3 Å². The van der Waals surface area contributed by atoms with E-state index < -0.39 is 0 Å². The predicted octanol–water partition coefficient (Wildman–Crippen LogP) is 7.81. The number of thiophene rings is 1. The molecule has 0 unspecified atom stereocenters. The van der Waals surface area contributed by atoms with Gasteiger partial charge in [-0.05, 0) is 84.3 Å². The highest BCUT2D eigenvalue weighted by molar-refractivity contribution is 9.10. The summed E-state index contributed by atoms with van der Waals surface area (Å²) in [5.74, 6) is 1.25. The predicted molar refractivity (Wildman–Crippen MR) is 149 cm³/mol. The highest BCUT2D eigenvalue weighted by Gasteiger charge is 2.24. The normalized spacial score (nSPS) is 13.7. The smallest absolute Gasteiger partial charge is 0.259 e. The molecule has 0 saturated carbocycles. The van der Waals surface area contributed by atoms with Gasteiger partial charge in [0, 0.05) is 28.4 Å². The molecule has 1 aliphatic rings. The minimum absolute atomic E-state index is 0.0909. The van der Waals surface area contributed by atoms with Crippen LogP contribution in [-0.2, 0) is 12.8 Å². The summed E-state index contributed by atoms with van der Waals surface area (Å²) >= 11 is 5.18. The van der Waals surface area contributed by atoms with Gasteiger partial charge in [-0.3, -0.25) is 4.79 Å². The van der Waals surface area contributed by atoms with Gasteiger partial charge in [0.05, 0.1) is 24.3 Å². The number of hydrogen-bond acceptors (Lipinski definition) is 5. The first-order valence-electron chi connectivity index (χ1n) is 11.9. The van der Waals surface area contributed by atoms with E-state index in [0.29, 0.717) is 17.1 Å². The van der Waals surface area contributed by atoms with Crippen LogP contribution in [0.5, 0.6) is 11.5 Å². The van der Waals surface area contributed by atoms with Crippen molar-refractivity contribution in [2.24, 2.45) is 4.99 Å². The lowest BCUT2D eigenvalue weighted by molar-refractivity contribution is 0.102. The van der Waals surface area contributed by atoms with Crippen LogP contribution in [0.15, 0.2) is 39.8 Å². The first-order chi connectivity index (χ1) is 16.9. The van der Waals surface area contributed by atoms with E-state index in [2.05, 4.69) is 34.2 Å². The van der Waals surface area contributed by atoms with Crippen molar-refractivity contribution < 1.29 is 14.3 Å². The van der Waals surface area contributed by atoms with E-state index >= 15 is 0 Å². The summed E-state index contributed by atoms with van der Waals surface area (Å²) in [6, 6.07) is 9.73. The summed E-state index contributed by atoms with van der Waals surface area (Å²) in [4.78, 5) is 19.8. The van der Waals surface area contributed by atoms with Gasteiger partial charge in [0.25, 0.3) is 5.91 Å². The molecule has 0 saturated heterocycles. The minimum Gasteiger partial charge on any atom is -0.496 e. The van der Waals surface area contributed by atoms with Crippen LogP contribution in [0.2, 0.25) is 0 Å². The molecule has 1 amide bonds. The monoisotopic (exact) mass is 554 g/mol. The minimum atomic E-state index is -0.0909. The van der Waals surface area contributed by atoms with E-state index in [0.717, 1.165) is 63.1 Å². The number of rotatable bonds is 6. The number of anilines is 1. The Morgan fingerprint density at radius 3 is 2.54 bits per heavy atom. The molecule has 3 aromatic rings. The first-order valence-corrected chi connectivity index (χ1v) is 13.5. The molecule has 5 nitrogen and oxygen atoms in total. The van der Waals surface area contributed by atoms with Gasteiger partial charge in [0.1, 0.15) is 16.5 Å². The molecule has 7 heteroatoms. The molecule has 35 heavy (non-hydrogen) atoms. The molecule has 1 aliphatic carbocycles. The van der Waals surface area contributed by atoms with Gasteiger partial charge < -0.3 is 14.8 Å². The Balaban J connectivity index is 1.76. The number of carbonyl (C=O) groups excluding carboxylic acids is 1. The van der Waals surface area contributed by atoms with E-state index in [4.69, 9.17) is 14.5 Å². The molecule has 1 heterocycles. The molecule has 184 valence electrons. The maximum Gasteiger partial charge on any atom is 0.259 e. The van der Waals surface area contributed by atoms with E-state index in [1.54, 1.807) is 31.8 Å². The number of aliphatic imine (C=N–C) groups is 1. The fourth-order valence-electron chi connectivity index (χ4n) is 4.41. The van der Waals surface area contributed by atoms with Gasteiger partial charge in [-0.15, -0.1) is 11.3 Å². The quantitative estimate of drug-likeness (QED) is 0.316. The molecule has 0 atom stereocenters. The Labute approximate surface area is 219 Å². The van der Waals surface area contributed by atoms with Crippen LogP contribution in [0.4, 0.5) is 10.7 Å². The third kappa shape index (κ3) is 5.62. The van der Waals surface area contributed by atoms with Crippen LogP contribution in [0.1, 0.15) is 63.2 Å². The SMILES string of the molecule is COc1cc(OC)c(C=Nc2sc3c(c2C(=O)Nc2cccc(C)c2C)CCCCCC3)cc1Br. The average Bonchev–Trinajstić information content (AvgIpc) is 3.16. The topological polar surface area (TPSA) is 59.9 Å². The van der Waals surface area contributed by atoms with Crippen LogP contribution in [0.3, 0.4) is 0 Å². The van der Waals surface area contributed by atoms with Crippen molar-refractivity contribution in [1.29, 1.82) is 0 Å². The number of nitrogens with one attached hydrogen (secondary N) is 1. The zero-order valence-corrected chi connectivity index (χ0v) is 23.1. The molecule has 4 rings (SSSR count). The fourth-order valence-corrected chi connectivity index (χ4v) is 6.17. The Morgan fingerprint density at radius 2 is 1.80 bits per heavy atom. The van der Waals surface area contributed by atoms with Crippen molar-refractivity contribution in [3.8, 4) is 11.5 Å². The molecule has 1 N–H and O–H groups in total.